The van der Waals surface area contributed by atoms with Gasteiger partial charge in [-0.05, 0) is 62.8 Å². The van der Waals surface area contributed by atoms with Crippen molar-refractivity contribution >= 4 is 40.4 Å². The molecule has 0 amide bonds. The van der Waals surface area contributed by atoms with E-state index in [1.807, 2.05) is 19.9 Å². The Bertz CT molecular complexity index is 1370. The summed E-state index contributed by atoms with van der Waals surface area (Å²) in [7, 11) is 1.00. The number of carbonyl (C=O) groups excluding carboxylic acids is 2. The Kier molecular flexibility index (Phi) is 11.5. The smallest absolute Gasteiger partial charge is 0.400 e. The van der Waals surface area contributed by atoms with Crippen LogP contribution in [0, 0.1) is 26.7 Å². The third-order valence-electron chi connectivity index (χ3n) is 7.03. The second-order valence-corrected chi connectivity index (χ2v) is 9.76. The van der Waals surface area contributed by atoms with Gasteiger partial charge in [0.25, 0.3) is 5.91 Å². The number of aromatic nitrogens is 2. The third-order valence-corrected chi connectivity index (χ3v) is 7.34. The molecular formula is C30H37ClF3N3O3. The summed E-state index contributed by atoms with van der Waals surface area (Å²) >= 11 is 6.50. The maximum absolute atomic E-state index is 13.8. The molecule has 10 heteroatoms. The number of piperidine rings is 1. The Morgan fingerprint density at radius 1 is 1.18 bits per heavy atom. The molecule has 6 nitrogen and oxygen atoms in total. The topological polar surface area (TPSA) is 75.4 Å². The fourth-order valence-corrected chi connectivity index (χ4v) is 5.31. The van der Waals surface area contributed by atoms with Gasteiger partial charge in [0, 0.05) is 49.5 Å². The Balaban J connectivity index is 0.00000134. The monoisotopic (exact) mass is 579 g/mol. The van der Waals surface area contributed by atoms with Crippen LogP contribution in [0.3, 0.4) is 0 Å². The Morgan fingerprint density at radius 3 is 2.33 bits per heavy atom. The summed E-state index contributed by atoms with van der Waals surface area (Å²) in [5.41, 5.74) is 2.42. The van der Waals surface area contributed by atoms with Crippen LogP contribution in [0.25, 0.3) is 16.6 Å². The molecular weight excluding hydrogens is 543 g/mol. The molecule has 2 aromatic heterocycles. The summed E-state index contributed by atoms with van der Waals surface area (Å²) in [6.07, 6.45) is 0.227. The van der Waals surface area contributed by atoms with E-state index in [9.17, 15) is 22.8 Å². The maximum atomic E-state index is 13.8. The molecule has 0 unspecified atom stereocenters. The van der Waals surface area contributed by atoms with Gasteiger partial charge in [0.15, 0.2) is 0 Å². The van der Waals surface area contributed by atoms with Gasteiger partial charge in [0.05, 0.1) is 21.8 Å². The van der Waals surface area contributed by atoms with Crippen LogP contribution in [0.4, 0.5) is 13.2 Å². The first-order valence-corrected chi connectivity index (χ1v) is 13.5. The van der Waals surface area contributed by atoms with E-state index in [0.717, 1.165) is 56.7 Å². The van der Waals surface area contributed by atoms with Gasteiger partial charge in [0.1, 0.15) is 12.0 Å². The van der Waals surface area contributed by atoms with Crippen molar-refractivity contribution in [2.45, 2.75) is 60.1 Å². The number of carbonyl (C=O) groups is 2. The van der Waals surface area contributed by atoms with Crippen molar-refractivity contribution in [1.29, 1.82) is 0 Å². The normalized spacial score (nSPS) is 13.7. The average Bonchev–Trinajstić information content (AvgIpc) is 3.28. The SMILES string of the molecule is C=C(c1ccc(Cl)c(C(=O)n2cc(C)c3cc(C(F)(F)F)nc(C)c32)c1C)N1CCC(CC=O)CC1.CC.CO. The molecule has 0 spiro atoms. The first-order chi connectivity index (χ1) is 18.9. The predicted octanol–water partition coefficient (Wildman–Crippen LogP) is 7.23. The number of hydrogen-bond acceptors (Lipinski definition) is 5. The summed E-state index contributed by atoms with van der Waals surface area (Å²) in [4.78, 5) is 30.5. The second kappa shape index (κ2) is 13.9. The number of aliphatic hydroxyl groups excluding tert-OH is 1. The fraction of sp³-hybridized carbons (Fsp3) is 0.433. The molecule has 218 valence electrons. The van der Waals surface area contributed by atoms with Gasteiger partial charge in [-0.2, -0.15) is 13.2 Å². The number of pyridine rings is 1. The lowest BCUT2D eigenvalue weighted by Crippen LogP contribution is -2.32. The van der Waals surface area contributed by atoms with Crippen LogP contribution in [-0.4, -0.2) is 52.0 Å². The molecule has 0 aliphatic carbocycles. The van der Waals surface area contributed by atoms with Crippen LogP contribution in [0.15, 0.2) is 31.0 Å². The van der Waals surface area contributed by atoms with E-state index >= 15 is 0 Å². The predicted molar refractivity (Wildman–Crippen MR) is 154 cm³/mol. The summed E-state index contributed by atoms with van der Waals surface area (Å²) < 4.78 is 41.3. The lowest BCUT2D eigenvalue weighted by atomic mass is 9.92. The van der Waals surface area contributed by atoms with Gasteiger partial charge < -0.3 is 14.8 Å². The number of alkyl halides is 3. The maximum Gasteiger partial charge on any atom is 0.433 e. The van der Waals surface area contributed by atoms with Crippen molar-refractivity contribution in [3.8, 4) is 0 Å². The second-order valence-electron chi connectivity index (χ2n) is 9.35. The number of benzene rings is 1. The molecule has 1 fully saturated rings. The highest BCUT2D eigenvalue weighted by Crippen LogP contribution is 2.35. The fourth-order valence-electron chi connectivity index (χ4n) is 5.02. The molecule has 1 aromatic carbocycles. The Morgan fingerprint density at radius 2 is 1.77 bits per heavy atom. The van der Waals surface area contributed by atoms with Gasteiger partial charge >= 0.3 is 6.18 Å². The highest BCUT2D eigenvalue weighted by molar-refractivity contribution is 6.34. The summed E-state index contributed by atoms with van der Waals surface area (Å²) in [5.74, 6) is -0.0745. The van der Waals surface area contributed by atoms with Crippen LogP contribution >= 0.6 is 11.6 Å². The van der Waals surface area contributed by atoms with Gasteiger partial charge in [-0.25, -0.2) is 4.98 Å². The minimum absolute atomic E-state index is 0.105. The van der Waals surface area contributed by atoms with Crippen molar-refractivity contribution in [2.24, 2.45) is 5.92 Å². The van der Waals surface area contributed by atoms with Crippen molar-refractivity contribution in [3.63, 3.8) is 0 Å². The van der Waals surface area contributed by atoms with E-state index in [4.69, 9.17) is 16.7 Å². The number of nitrogens with zero attached hydrogens (tertiary/aromatic N) is 3. The highest BCUT2D eigenvalue weighted by Gasteiger charge is 2.34. The molecule has 4 rings (SSSR count). The number of aliphatic hydroxyl groups is 1. The Labute approximate surface area is 238 Å². The van der Waals surface area contributed by atoms with Gasteiger partial charge in [0.2, 0.25) is 0 Å². The Hall–Kier alpha value is -3.17. The lowest BCUT2D eigenvalue weighted by Gasteiger charge is -2.35. The number of aldehydes is 1. The van der Waals surface area contributed by atoms with Crippen LogP contribution in [0.5, 0.6) is 0 Å². The molecule has 0 bridgehead atoms. The van der Waals surface area contributed by atoms with Crippen LogP contribution < -0.4 is 0 Å². The summed E-state index contributed by atoms with van der Waals surface area (Å²) in [5, 5.41) is 7.56. The van der Waals surface area contributed by atoms with E-state index in [2.05, 4.69) is 16.5 Å². The number of fused-ring (bicyclic) bond motifs is 1. The van der Waals surface area contributed by atoms with Crippen molar-refractivity contribution in [3.05, 3.63) is 69.6 Å². The van der Waals surface area contributed by atoms with E-state index in [-0.39, 0.29) is 16.3 Å². The molecule has 0 atom stereocenters. The minimum atomic E-state index is -4.59. The first kappa shape index (κ1) is 33.0. The van der Waals surface area contributed by atoms with E-state index in [0.29, 0.717) is 34.4 Å². The molecule has 1 saturated heterocycles. The molecule has 3 aromatic rings. The van der Waals surface area contributed by atoms with Crippen LogP contribution in [0.2, 0.25) is 5.02 Å². The van der Waals surface area contributed by atoms with Crippen molar-refractivity contribution in [2.75, 3.05) is 20.2 Å². The number of rotatable bonds is 5. The van der Waals surface area contributed by atoms with Crippen LogP contribution in [0.1, 0.15) is 71.5 Å². The van der Waals surface area contributed by atoms with Gasteiger partial charge in [-0.1, -0.05) is 38.1 Å². The first-order valence-electron chi connectivity index (χ1n) is 13.2. The van der Waals surface area contributed by atoms with Crippen LogP contribution in [-0.2, 0) is 11.0 Å². The number of aryl methyl sites for hydroxylation is 2. The lowest BCUT2D eigenvalue weighted by molar-refractivity contribution is -0.141. The molecule has 1 aliphatic rings. The summed E-state index contributed by atoms with van der Waals surface area (Å²) in [6, 6.07) is 4.45. The quantitative estimate of drug-likeness (QED) is 0.323. The zero-order valence-electron chi connectivity index (χ0n) is 23.8. The number of likely N-dealkylation sites (tertiary alicyclic amines) is 1. The molecule has 0 radical (unpaired) electrons. The number of hydrogen-bond donors (Lipinski definition) is 1. The summed E-state index contributed by atoms with van der Waals surface area (Å²) in [6.45, 7) is 14.7. The molecule has 0 saturated carbocycles. The zero-order valence-corrected chi connectivity index (χ0v) is 24.6. The molecule has 40 heavy (non-hydrogen) atoms. The van der Waals surface area contributed by atoms with Gasteiger partial charge in [-0.3, -0.25) is 9.36 Å². The van der Waals surface area contributed by atoms with E-state index < -0.39 is 17.8 Å². The molecule has 1 N–H and O–H groups in total. The third kappa shape index (κ3) is 6.75. The molecule has 1 aliphatic heterocycles. The van der Waals surface area contributed by atoms with Crippen molar-refractivity contribution < 1.29 is 27.9 Å². The van der Waals surface area contributed by atoms with Gasteiger partial charge in [-0.15, -0.1) is 0 Å². The number of halogens is 4. The highest BCUT2D eigenvalue weighted by atomic mass is 35.5. The molecule has 3 heterocycles. The average molecular weight is 580 g/mol. The largest absolute Gasteiger partial charge is 0.433 e. The standard InChI is InChI=1S/C27H27ClF3N3O2.C2H6.CH4O/c1-15-14-34(25-17(3)32-23(13-21(15)25)27(29,30)31)26(36)24-16(2)20(5-6-22(24)28)18(4)33-10-7-19(8-11-33)9-12-35;2*1-2/h5-6,12-14,19H,4,7-11H2,1-3H3;1-2H3;2H,1H3. The van der Waals surface area contributed by atoms with E-state index in [1.165, 1.54) is 17.7 Å². The van der Waals surface area contributed by atoms with E-state index in [1.54, 1.807) is 19.9 Å². The minimum Gasteiger partial charge on any atom is -0.400 e. The van der Waals surface area contributed by atoms with Crippen molar-refractivity contribution in [1.82, 2.24) is 14.5 Å². The zero-order chi connectivity index (χ0) is 30.4.